The van der Waals surface area contributed by atoms with E-state index in [4.69, 9.17) is 9.47 Å². The number of rotatable bonds is 3. The molecular weight excluding hydrogens is 152 g/mol. The van der Waals surface area contributed by atoms with Crippen LogP contribution in [0.3, 0.4) is 0 Å². The van der Waals surface area contributed by atoms with E-state index in [-0.39, 0.29) is 5.60 Å². The summed E-state index contributed by atoms with van der Waals surface area (Å²) < 4.78 is 11.5. The predicted molar refractivity (Wildman–Crippen MR) is 49.3 cm³/mol. The van der Waals surface area contributed by atoms with E-state index < -0.39 is 0 Å². The highest BCUT2D eigenvalue weighted by atomic mass is 16.6. The molecule has 0 aromatic carbocycles. The van der Waals surface area contributed by atoms with Gasteiger partial charge in [-0.05, 0) is 19.3 Å². The van der Waals surface area contributed by atoms with Gasteiger partial charge < -0.3 is 9.47 Å². The average molecular weight is 172 g/mol. The second-order valence-electron chi connectivity index (χ2n) is 3.39. The van der Waals surface area contributed by atoms with Crippen molar-refractivity contribution in [2.24, 2.45) is 0 Å². The monoisotopic (exact) mass is 172 g/mol. The Morgan fingerprint density at radius 2 is 1.83 bits per heavy atom. The van der Waals surface area contributed by atoms with Crippen molar-refractivity contribution < 1.29 is 9.47 Å². The van der Waals surface area contributed by atoms with Crippen molar-refractivity contribution in [1.82, 2.24) is 0 Å². The molecule has 1 heterocycles. The SMILES string of the molecule is CCC1OCCOC1(CC)CC. The van der Waals surface area contributed by atoms with E-state index in [2.05, 4.69) is 20.8 Å². The van der Waals surface area contributed by atoms with Crippen molar-refractivity contribution in [2.75, 3.05) is 13.2 Å². The molecule has 1 aliphatic rings. The number of ether oxygens (including phenoxy) is 2. The molecule has 12 heavy (non-hydrogen) atoms. The summed E-state index contributed by atoms with van der Waals surface area (Å²) in [5.74, 6) is 0. The Morgan fingerprint density at radius 3 is 2.25 bits per heavy atom. The summed E-state index contributed by atoms with van der Waals surface area (Å²) >= 11 is 0. The maximum atomic E-state index is 5.84. The molecule has 0 aromatic rings. The highest BCUT2D eigenvalue weighted by Crippen LogP contribution is 2.31. The van der Waals surface area contributed by atoms with Gasteiger partial charge in [-0.25, -0.2) is 0 Å². The summed E-state index contributed by atoms with van der Waals surface area (Å²) in [5, 5.41) is 0. The van der Waals surface area contributed by atoms with E-state index in [1.807, 2.05) is 0 Å². The first-order chi connectivity index (χ1) is 5.79. The second kappa shape index (κ2) is 4.24. The van der Waals surface area contributed by atoms with Crippen LogP contribution in [0.4, 0.5) is 0 Å². The van der Waals surface area contributed by atoms with Crippen LogP contribution in [-0.2, 0) is 9.47 Å². The maximum Gasteiger partial charge on any atom is 0.0938 e. The predicted octanol–water partition coefficient (Wildman–Crippen LogP) is 2.37. The van der Waals surface area contributed by atoms with Crippen LogP contribution in [0.25, 0.3) is 0 Å². The van der Waals surface area contributed by atoms with Gasteiger partial charge >= 0.3 is 0 Å². The molecule has 72 valence electrons. The third-order valence-electron chi connectivity index (χ3n) is 2.95. The molecule has 1 aliphatic heterocycles. The number of hydrogen-bond donors (Lipinski definition) is 0. The fourth-order valence-electron chi connectivity index (χ4n) is 2.08. The van der Waals surface area contributed by atoms with E-state index >= 15 is 0 Å². The molecule has 1 atom stereocenters. The quantitative estimate of drug-likeness (QED) is 0.650. The van der Waals surface area contributed by atoms with Crippen LogP contribution >= 0.6 is 0 Å². The van der Waals surface area contributed by atoms with Gasteiger partial charge in [0.25, 0.3) is 0 Å². The summed E-state index contributed by atoms with van der Waals surface area (Å²) in [6.07, 6.45) is 3.48. The fourth-order valence-corrected chi connectivity index (χ4v) is 2.08. The van der Waals surface area contributed by atoms with Crippen LogP contribution in [0.15, 0.2) is 0 Å². The summed E-state index contributed by atoms with van der Waals surface area (Å²) in [6, 6.07) is 0. The van der Waals surface area contributed by atoms with Crippen LogP contribution in [-0.4, -0.2) is 24.9 Å². The van der Waals surface area contributed by atoms with E-state index in [1.165, 1.54) is 0 Å². The third kappa shape index (κ3) is 1.64. The minimum Gasteiger partial charge on any atom is -0.373 e. The van der Waals surface area contributed by atoms with Gasteiger partial charge in [-0.15, -0.1) is 0 Å². The van der Waals surface area contributed by atoms with Gasteiger partial charge in [0.1, 0.15) is 0 Å². The van der Waals surface area contributed by atoms with E-state index in [0.29, 0.717) is 6.10 Å². The lowest BCUT2D eigenvalue weighted by molar-refractivity contribution is -0.206. The highest BCUT2D eigenvalue weighted by molar-refractivity contribution is 4.88. The van der Waals surface area contributed by atoms with Crippen LogP contribution in [0.2, 0.25) is 0 Å². The first-order valence-corrected chi connectivity index (χ1v) is 5.04. The molecule has 1 fully saturated rings. The lowest BCUT2D eigenvalue weighted by Crippen LogP contribution is -2.49. The molecule has 0 aliphatic carbocycles. The first-order valence-electron chi connectivity index (χ1n) is 5.04. The smallest absolute Gasteiger partial charge is 0.0938 e. The Labute approximate surface area is 75.2 Å². The Bertz CT molecular complexity index is 130. The summed E-state index contributed by atoms with van der Waals surface area (Å²) in [5.41, 5.74) is 0.00694. The van der Waals surface area contributed by atoms with Crippen molar-refractivity contribution in [3.05, 3.63) is 0 Å². The topological polar surface area (TPSA) is 18.5 Å². The molecule has 0 bridgehead atoms. The van der Waals surface area contributed by atoms with Crippen LogP contribution in [0.1, 0.15) is 40.0 Å². The average Bonchev–Trinajstić information content (AvgIpc) is 2.17. The van der Waals surface area contributed by atoms with Crippen molar-refractivity contribution in [1.29, 1.82) is 0 Å². The zero-order valence-corrected chi connectivity index (χ0v) is 8.43. The van der Waals surface area contributed by atoms with E-state index in [1.54, 1.807) is 0 Å². The summed E-state index contributed by atoms with van der Waals surface area (Å²) in [4.78, 5) is 0. The van der Waals surface area contributed by atoms with Crippen LogP contribution in [0, 0.1) is 0 Å². The van der Waals surface area contributed by atoms with Gasteiger partial charge in [-0.2, -0.15) is 0 Å². The molecule has 0 saturated carbocycles. The van der Waals surface area contributed by atoms with Crippen molar-refractivity contribution in [3.8, 4) is 0 Å². The Balaban J connectivity index is 2.66. The standard InChI is InChI=1S/C10H20O2/c1-4-9-10(5-2,6-3)12-8-7-11-9/h9H,4-8H2,1-3H3. The molecule has 2 nitrogen and oxygen atoms in total. The van der Waals surface area contributed by atoms with E-state index in [0.717, 1.165) is 32.5 Å². The highest BCUT2D eigenvalue weighted by Gasteiger charge is 2.38. The lowest BCUT2D eigenvalue weighted by Gasteiger charge is -2.42. The van der Waals surface area contributed by atoms with Gasteiger partial charge in [-0.1, -0.05) is 20.8 Å². The normalized spacial score (nSPS) is 28.8. The van der Waals surface area contributed by atoms with Gasteiger partial charge in [0.05, 0.1) is 24.9 Å². The first kappa shape index (κ1) is 10.0. The fraction of sp³-hybridized carbons (Fsp3) is 1.00. The largest absolute Gasteiger partial charge is 0.373 e. The molecule has 1 unspecified atom stereocenters. The van der Waals surface area contributed by atoms with Gasteiger partial charge in [0.15, 0.2) is 0 Å². The van der Waals surface area contributed by atoms with E-state index in [9.17, 15) is 0 Å². The Hall–Kier alpha value is -0.0800. The lowest BCUT2D eigenvalue weighted by atomic mass is 9.88. The molecule has 0 amide bonds. The van der Waals surface area contributed by atoms with Crippen LogP contribution in [0.5, 0.6) is 0 Å². The molecule has 0 spiro atoms. The summed E-state index contributed by atoms with van der Waals surface area (Å²) in [7, 11) is 0. The molecule has 0 radical (unpaired) electrons. The van der Waals surface area contributed by atoms with Gasteiger partial charge in [0.2, 0.25) is 0 Å². The molecule has 2 heteroatoms. The zero-order chi connectivity index (χ0) is 9.03. The minimum atomic E-state index is 0.00694. The van der Waals surface area contributed by atoms with Gasteiger partial charge in [0, 0.05) is 0 Å². The maximum absolute atomic E-state index is 5.84. The minimum absolute atomic E-state index is 0.00694. The van der Waals surface area contributed by atoms with Crippen molar-refractivity contribution in [2.45, 2.75) is 51.7 Å². The summed E-state index contributed by atoms with van der Waals surface area (Å²) in [6.45, 7) is 8.06. The van der Waals surface area contributed by atoms with Crippen LogP contribution < -0.4 is 0 Å². The molecule has 0 aromatic heterocycles. The molecule has 0 N–H and O–H groups in total. The molecular formula is C10H20O2. The van der Waals surface area contributed by atoms with Gasteiger partial charge in [-0.3, -0.25) is 0 Å². The third-order valence-corrected chi connectivity index (χ3v) is 2.95. The second-order valence-corrected chi connectivity index (χ2v) is 3.39. The zero-order valence-electron chi connectivity index (χ0n) is 8.43. The molecule has 1 rings (SSSR count). The van der Waals surface area contributed by atoms with Crippen molar-refractivity contribution in [3.63, 3.8) is 0 Å². The number of hydrogen-bond acceptors (Lipinski definition) is 2. The van der Waals surface area contributed by atoms with Crippen molar-refractivity contribution >= 4 is 0 Å². The Kier molecular flexibility index (Phi) is 3.53. The Morgan fingerprint density at radius 1 is 1.17 bits per heavy atom. The molecule has 1 saturated heterocycles.